The van der Waals surface area contributed by atoms with Gasteiger partial charge in [-0.05, 0) is 25.7 Å². The molecule has 1 saturated carbocycles. The van der Waals surface area contributed by atoms with E-state index in [0.717, 1.165) is 12.7 Å². The predicted octanol–water partition coefficient (Wildman–Crippen LogP) is 2.60. The number of ether oxygens (including phenoxy) is 1. The van der Waals surface area contributed by atoms with Crippen LogP contribution in [0.1, 0.15) is 39.0 Å². The van der Waals surface area contributed by atoms with E-state index in [2.05, 4.69) is 6.92 Å². The molecule has 2 aliphatic rings. The lowest BCUT2D eigenvalue weighted by Crippen LogP contribution is -2.46. The van der Waals surface area contributed by atoms with E-state index in [4.69, 9.17) is 18.0 Å². The van der Waals surface area contributed by atoms with Gasteiger partial charge in [-0.15, -0.1) is 0 Å². The summed E-state index contributed by atoms with van der Waals surface area (Å²) in [5.74, 6) is 0.688. The minimum atomic E-state index is -2.49. The highest BCUT2D eigenvalue weighted by atomic mass is 28.4. The Morgan fingerprint density at radius 1 is 1.11 bits per heavy atom. The number of rotatable bonds is 7. The molecule has 0 aromatic heterocycles. The molecule has 1 aliphatic carbocycles. The minimum Gasteiger partial charge on any atom is -0.377 e. The third-order valence-corrected chi connectivity index (χ3v) is 6.93. The molecule has 0 aromatic rings. The van der Waals surface area contributed by atoms with Gasteiger partial charge in [-0.3, -0.25) is 0 Å². The molecule has 2 unspecified atom stereocenters. The number of epoxide rings is 1. The summed E-state index contributed by atoms with van der Waals surface area (Å²) >= 11 is 0. The molecule has 2 fully saturated rings. The van der Waals surface area contributed by atoms with Gasteiger partial charge in [0.15, 0.2) is 0 Å². The van der Waals surface area contributed by atoms with Crippen LogP contribution in [0.5, 0.6) is 0 Å². The van der Waals surface area contributed by atoms with Crippen LogP contribution >= 0.6 is 0 Å². The summed E-state index contributed by atoms with van der Waals surface area (Å²) in [4.78, 5) is 0. The van der Waals surface area contributed by atoms with E-state index in [9.17, 15) is 0 Å². The van der Waals surface area contributed by atoms with Gasteiger partial charge in [0.05, 0.1) is 12.2 Å². The summed E-state index contributed by atoms with van der Waals surface area (Å²) < 4.78 is 22.7. The van der Waals surface area contributed by atoms with E-state index in [1.165, 1.54) is 32.1 Å². The van der Waals surface area contributed by atoms with E-state index in [-0.39, 0.29) is 6.10 Å². The van der Waals surface area contributed by atoms with Crippen LogP contribution in [-0.4, -0.2) is 41.8 Å². The van der Waals surface area contributed by atoms with Crippen molar-refractivity contribution in [3.8, 4) is 0 Å². The lowest BCUT2D eigenvalue weighted by molar-refractivity contribution is 0.0725. The fourth-order valence-corrected chi connectivity index (χ4v) is 4.98. The largest absolute Gasteiger partial charge is 0.503 e. The summed E-state index contributed by atoms with van der Waals surface area (Å²) in [6.07, 6.45) is 7.23. The van der Waals surface area contributed by atoms with Crippen LogP contribution in [0, 0.1) is 5.92 Å². The SMILES string of the molecule is CO[Si](CC1OC1C)(OC)OCC1CCCCC1. The zero-order chi connectivity index (χ0) is 13.0. The molecule has 1 saturated heterocycles. The highest BCUT2D eigenvalue weighted by Crippen LogP contribution is 2.32. The topological polar surface area (TPSA) is 40.2 Å². The molecule has 0 amide bonds. The average Bonchev–Trinajstić information content (AvgIpc) is 3.11. The Bertz CT molecular complexity index is 251. The van der Waals surface area contributed by atoms with Crippen molar-refractivity contribution in [1.29, 1.82) is 0 Å². The molecular weight excluding hydrogens is 248 g/mol. The highest BCUT2D eigenvalue weighted by molar-refractivity contribution is 6.60. The zero-order valence-corrected chi connectivity index (χ0v) is 12.8. The predicted molar refractivity (Wildman–Crippen MR) is 71.4 cm³/mol. The van der Waals surface area contributed by atoms with Crippen molar-refractivity contribution < 1.29 is 18.0 Å². The maximum atomic E-state index is 6.08. The Morgan fingerprint density at radius 3 is 2.22 bits per heavy atom. The summed E-state index contributed by atoms with van der Waals surface area (Å²) in [7, 11) is 0.901. The Labute approximate surface area is 111 Å². The van der Waals surface area contributed by atoms with Gasteiger partial charge in [0.25, 0.3) is 0 Å². The molecule has 0 radical (unpaired) electrons. The van der Waals surface area contributed by atoms with Crippen LogP contribution < -0.4 is 0 Å². The van der Waals surface area contributed by atoms with Crippen molar-refractivity contribution in [2.45, 2.75) is 57.3 Å². The standard InChI is InChI=1S/C13H26O4Si/c1-11-13(17-11)10-18(14-2,15-3)16-9-12-7-5-4-6-8-12/h11-13H,4-10H2,1-3H3. The molecular formula is C13H26O4Si. The Balaban J connectivity index is 1.80. The van der Waals surface area contributed by atoms with E-state index in [0.29, 0.717) is 12.0 Å². The van der Waals surface area contributed by atoms with Gasteiger partial charge in [-0.1, -0.05) is 19.3 Å². The monoisotopic (exact) mass is 274 g/mol. The molecule has 0 bridgehead atoms. The van der Waals surface area contributed by atoms with Crippen molar-refractivity contribution in [2.24, 2.45) is 5.92 Å². The van der Waals surface area contributed by atoms with Crippen LogP contribution in [-0.2, 0) is 18.0 Å². The first-order valence-corrected chi connectivity index (χ1v) is 9.02. The van der Waals surface area contributed by atoms with Crippen LogP contribution in [0.4, 0.5) is 0 Å². The first-order chi connectivity index (χ1) is 8.69. The molecule has 4 nitrogen and oxygen atoms in total. The third-order valence-electron chi connectivity index (χ3n) is 4.17. The fourth-order valence-electron chi connectivity index (χ4n) is 2.72. The van der Waals surface area contributed by atoms with Gasteiger partial charge in [-0.2, -0.15) is 0 Å². The summed E-state index contributed by atoms with van der Waals surface area (Å²) in [5.41, 5.74) is 0. The van der Waals surface area contributed by atoms with E-state index in [1.807, 2.05) is 0 Å². The second kappa shape index (κ2) is 6.48. The van der Waals surface area contributed by atoms with Crippen molar-refractivity contribution in [3.63, 3.8) is 0 Å². The average molecular weight is 274 g/mol. The molecule has 0 aromatic carbocycles. The first kappa shape index (κ1) is 14.5. The van der Waals surface area contributed by atoms with Crippen molar-refractivity contribution in [2.75, 3.05) is 20.8 Å². The van der Waals surface area contributed by atoms with Crippen LogP contribution in [0.2, 0.25) is 6.04 Å². The third kappa shape index (κ3) is 3.77. The van der Waals surface area contributed by atoms with Gasteiger partial charge in [0.2, 0.25) is 0 Å². The summed E-state index contributed by atoms with van der Waals surface area (Å²) in [6, 6.07) is 0.786. The van der Waals surface area contributed by atoms with Crippen LogP contribution in [0.3, 0.4) is 0 Å². The van der Waals surface area contributed by atoms with Crippen molar-refractivity contribution in [1.82, 2.24) is 0 Å². The normalized spacial score (nSPS) is 29.5. The molecule has 5 heteroatoms. The lowest BCUT2D eigenvalue weighted by Gasteiger charge is -2.29. The summed E-state index contributed by atoms with van der Waals surface area (Å²) in [6.45, 7) is 2.87. The zero-order valence-electron chi connectivity index (χ0n) is 11.8. The smallest absolute Gasteiger partial charge is 0.377 e. The molecule has 2 rings (SSSR count). The first-order valence-electron chi connectivity index (χ1n) is 7.09. The molecule has 2 atom stereocenters. The van der Waals surface area contributed by atoms with Crippen molar-refractivity contribution in [3.05, 3.63) is 0 Å². The van der Waals surface area contributed by atoms with Crippen molar-refractivity contribution >= 4 is 8.80 Å². The maximum absolute atomic E-state index is 6.08. The fraction of sp³-hybridized carbons (Fsp3) is 1.00. The van der Waals surface area contributed by atoms with E-state index < -0.39 is 8.80 Å². The van der Waals surface area contributed by atoms with Gasteiger partial charge in [0.1, 0.15) is 0 Å². The lowest BCUT2D eigenvalue weighted by atomic mass is 9.90. The number of hydrogen-bond acceptors (Lipinski definition) is 4. The van der Waals surface area contributed by atoms with Gasteiger partial charge in [0, 0.05) is 26.9 Å². The number of hydrogen-bond donors (Lipinski definition) is 0. The Kier molecular flexibility index (Phi) is 5.21. The maximum Gasteiger partial charge on any atom is 0.503 e. The van der Waals surface area contributed by atoms with Gasteiger partial charge < -0.3 is 18.0 Å². The molecule has 106 valence electrons. The van der Waals surface area contributed by atoms with Gasteiger partial charge >= 0.3 is 8.80 Å². The van der Waals surface area contributed by atoms with Crippen LogP contribution in [0.25, 0.3) is 0 Å². The summed E-state index contributed by atoms with van der Waals surface area (Å²) in [5, 5.41) is 0. The Morgan fingerprint density at radius 2 is 1.72 bits per heavy atom. The van der Waals surface area contributed by atoms with Gasteiger partial charge in [-0.25, -0.2) is 0 Å². The second-order valence-corrected chi connectivity index (χ2v) is 8.37. The van der Waals surface area contributed by atoms with E-state index >= 15 is 0 Å². The Hall–Kier alpha value is 0.0569. The minimum absolute atomic E-state index is 0.267. The molecule has 18 heavy (non-hydrogen) atoms. The van der Waals surface area contributed by atoms with E-state index in [1.54, 1.807) is 14.2 Å². The molecule has 1 aliphatic heterocycles. The second-order valence-electron chi connectivity index (χ2n) is 5.49. The molecule has 0 spiro atoms. The molecule has 0 N–H and O–H groups in total. The molecule has 1 heterocycles. The quantitative estimate of drug-likeness (QED) is 0.528. The van der Waals surface area contributed by atoms with Crippen LogP contribution in [0.15, 0.2) is 0 Å². The highest BCUT2D eigenvalue weighted by Gasteiger charge is 2.49.